The molecule has 0 amide bonds. The molecule has 1 aromatic rings. The number of nitrogens with zero attached hydrogens (tertiary/aromatic N) is 2. The van der Waals surface area contributed by atoms with Crippen molar-refractivity contribution in [3.63, 3.8) is 0 Å². The van der Waals surface area contributed by atoms with E-state index in [9.17, 15) is 0 Å². The molecule has 3 heterocycles. The van der Waals surface area contributed by atoms with E-state index in [0.717, 1.165) is 5.69 Å². The summed E-state index contributed by atoms with van der Waals surface area (Å²) in [5.41, 5.74) is 0.888. The van der Waals surface area contributed by atoms with Gasteiger partial charge in [0.15, 0.2) is 11.5 Å². The van der Waals surface area contributed by atoms with Gasteiger partial charge >= 0.3 is 7.32 Å². The van der Waals surface area contributed by atoms with Crippen molar-refractivity contribution < 1.29 is 14.0 Å². The van der Waals surface area contributed by atoms with Crippen LogP contribution in [0.1, 0.15) is 0 Å². The van der Waals surface area contributed by atoms with Crippen molar-refractivity contribution in [2.75, 3.05) is 19.0 Å². The molecule has 0 atom stereocenters. The summed E-state index contributed by atoms with van der Waals surface area (Å²) >= 11 is 0. The summed E-state index contributed by atoms with van der Waals surface area (Å²) in [5.74, 6) is 1.89. The van der Waals surface area contributed by atoms with E-state index in [1.165, 1.54) is 0 Å². The van der Waals surface area contributed by atoms with Crippen LogP contribution >= 0.6 is 0 Å². The van der Waals surface area contributed by atoms with Crippen LogP contribution in [-0.2, 0) is 0 Å². The molecule has 0 radical (unpaired) electrons. The highest BCUT2D eigenvalue weighted by Gasteiger charge is 2.46. The third kappa shape index (κ3) is 0.747. The summed E-state index contributed by atoms with van der Waals surface area (Å²) in [4.78, 5) is 5.96. The lowest BCUT2D eigenvalue weighted by Crippen LogP contribution is -2.34. The largest absolute Gasteiger partial charge is 0.865 e. The molecule has 0 N–H and O–H groups in total. The molecule has 3 bridgehead atoms. The molecule has 0 unspecified atom stereocenters. The maximum atomic E-state index is 5.34. The van der Waals surface area contributed by atoms with E-state index in [1.807, 2.05) is 19.0 Å². The van der Waals surface area contributed by atoms with Gasteiger partial charge in [0, 0.05) is 14.1 Å². The first kappa shape index (κ1) is 6.88. The van der Waals surface area contributed by atoms with Crippen molar-refractivity contribution in [1.82, 2.24) is 4.98 Å². The van der Waals surface area contributed by atoms with Crippen molar-refractivity contribution in [2.45, 2.75) is 0 Å². The van der Waals surface area contributed by atoms with E-state index in [0.29, 0.717) is 17.4 Å². The molecule has 0 fully saturated rings. The molecule has 2 aliphatic heterocycles. The van der Waals surface area contributed by atoms with Crippen molar-refractivity contribution >= 4 is 13.0 Å². The number of aromatic nitrogens is 1. The fourth-order valence-electron chi connectivity index (χ4n) is 1.51. The van der Waals surface area contributed by atoms with Gasteiger partial charge in [-0.05, 0) is 0 Å². The fraction of sp³-hybridized carbons (Fsp3) is 0.286. The van der Waals surface area contributed by atoms with Crippen molar-refractivity contribution in [1.29, 1.82) is 0 Å². The average Bonchev–Trinajstić information content (AvgIpc) is 2.27. The summed E-state index contributed by atoms with van der Waals surface area (Å²) in [6.07, 6.45) is 1.65. The molecule has 0 aliphatic carbocycles. The molecule has 13 heavy (non-hydrogen) atoms. The Morgan fingerprint density at radius 3 is 2.92 bits per heavy atom. The van der Waals surface area contributed by atoms with Gasteiger partial charge < -0.3 is 18.9 Å². The zero-order chi connectivity index (χ0) is 9.00. The monoisotopic (exact) mass is 178 g/mol. The van der Waals surface area contributed by atoms with Crippen LogP contribution in [0, 0.1) is 0 Å². The minimum atomic E-state index is -0.633. The second kappa shape index (κ2) is 2.01. The molecule has 0 saturated carbocycles. The summed E-state index contributed by atoms with van der Waals surface area (Å²) in [5, 5.41) is 0. The number of hydrogen-bond acceptors (Lipinski definition) is 5. The van der Waals surface area contributed by atoms with Gasteiger partial charge in [0.2, 0.25) is 5.88 Å². The molecular weight excluding hydrogens is 171 g/mol. The molecule has 2 aliphatic rings. The van der Waals surface area contributed by atoms with Crippen LogP contribution in [0.15, 0.2) is 6.20 Å². The number of pyridine rings is 1. The SMILES string of the molecule is CN(C)c1c2cnc3c1OB(O2)O3. The third-order valence-corrected chi connectivity index (χ3v) is 2.03. The molecule has 0 aromatic carbocycles. The smallest absolute Gasteiger partial charge is 0.486 e. The molecule has 0 saturated heterocycles. The van der Waals surface area contributed by atoms with Crippen LogP contribution in [0.4, 0.5) is 5.69 Å². The van der Waals surface area contributed by atoms with Crippen molar-refractivity contribution in [2.24, 2.45) is 0 Å². The molecule has 66 valence electrons. The van der Waals surface area contributed by atoms with Gasteiger partial charge in [-0.15, -0.1) is 0 Å². The number of anilines is 1. The standard InChI is InChI=1S/C7H7BN2O3/c1-10(2)5-4-3-9-7-6(5)12-8(11-4)13-7/h3H,1-2H3. The topological polar surface area (TPSA) is 43.8 Å². The summed E-state index contributed by atoms with van der Waals surface area (Å²) in [6.45, 7) is 0. The van der Waals surface area contributed by atoms with Crippen molar-refractivity contribution in [3.05, 3.63) is 6.20 Å². The molecule has 6 heteroatoms. The van der Waals surface area contributed by atoms with E-state index in [2.05, 4.69) is 4.98 Å². The maximum Gasteiger partial charge on any atom is 0.865 e. The first-order valence-corrected chi connectivity index (χ1v) is 3.96. The molecule has 1 aromatic heterocycles. The van der Waals surface area contributed by atoms with Gasteiger partial charge in [-0.1, -0.05) is 0 Å². The molecule has 3 rings (SSSR count). The lowest BCUT2D eigenvalue weighted by atomic mass is 10.2. The van der Waals surface area contributed by atoms with E-state index >= 15 is 0 Å². The van der Waals surface area contributed by atoms with E-state index in [1.54, 1.807) is 6.20 Å². The van der Waals surface area contributed by atoms with Crippen LogP contribution in [0.3, 0.4) is 0 Å². The normalized spacial score (nSPS) is 15.1. The molecule has 5 nitrogen and oxygen atoms in total. The number of hydrogen-bond donors (Lipinski definition) is 0. The van der Waals surface area contributed by atoms with Crippen molar-refractivity contribution in [3.8, 4) is 17.4 Å². The first-order chi connectivity index (χ1) is 6.25. The minimum absolute atomic E-state index is 0.509. The van der Waals surface area contributed by atoms with E-state index in [-0.39, 0.29) is 0 Å². The lowest BCUT2D eigenvalue weighted by molar-refractivity contribution is 0.344. The van der Waals surface area contributed by atoms with Gasteiger partial charge in [0.1, 0.15) is 5.69 Å². The van der Waals surface area contributed by atoms with Gasteiger partial charge in [-0.3, -0.25) is 0 Å². The van der Waals surface area contributed by atoms with Gasteiger partial charge in [-0.25, -0.2) is 4.98 Å². The fourth-order valence-corrected chi connectivity index (χ4v) is 1.51. The Morgan fingerprint density at radius 1 is 1.31 bits per heavy atom. The minimum Gasteiger partial charge on any atom is -0.486 e. The Hall–Kier alpha value is -1.59. The number of fused-ring (bicyclic) bond motifs is 2. The van der Waals surface area contributed by atoms with E-state index < -0.39 is 7.32 Å². The van der Waals surface area contributed by atoms with Crippen LogP contribution in [0.25, 0.3) is 0 Å². The predicted octanol–water partition coefficient (Wildman–Crippen LogP) is 0.296. The highest BCUT2D eigenvalue weighted by Crippen LogP contribution is 2.49. The summed E-state index contributed by atoms with van der Waals surface area (Å²) in [6, 6.07) is 0. The first-order valence-electron chi connectivity index (χ1n) is 3.96. The number of rotatable bonds is 1. The zero-order valence-corrected chi connectivity index (χ0v) is 7.27. The predicted molar refractivity (Wildman–Crippen MR) is 46.2 cm³/mol. The Labute approximate surface area is 75.4 Å². The summed E-state index contributed by atoms with van der Waals surface area (Å²) < 4.78 is 15.9. The highest BCUT2D eigenvalue weighted by atomic mass is 16.8. The van der Waals surface area contributed by atoms with E-state index in [4.69, 9.17) is 14.0 Å². The van der Waals surface area contributed by atoms with Crippen LogP contribution < -0.4 is 18.9 Å². The van der Waals surface area contributed by atoms with Crippen LogP contribution in [0.2, 0.25) is 0 Å². The molecular formula is C7H7BN2O3. The maximum absolute atomic E-state index is 5.34. The van der Waals surface area contributed by atoms with Crippen LogP contribution in [-0.4, -0.2) is 26.4 Å². The molecule has 0 spiro atoms. The highest BCUT2D eigenvalue weighted by molar-refractivity contribution is 6.42. The Balaban J connectivity index is 2.28. The zero-order valence-electron chi connectivity index (χ0n) is 7.27. The summed E-state index contributed by atoms with van der Waals surface area (Å²) in [7, 11) is 3.21. The second-order valence-electron chi connectivity index (χ2n) is 3.14. The van der Waals surface area contributed by atoms with Gasteiger partial charge in [0.05, 0.1) is 6.20 Å². The second-order valence-corrected chi connectivity index (χ2v) is 3.14. The lowest BCUT2D eigenvalue weighted by Gasteiger charge is -2.21. The average molecular weight is 178 g/mol. The Morgan fingerprint density at radius 2 is 2.15 bits per heavy atom. The Kier molecular flexibility index (Phi) is 1.07. The van der Waals surface area contributed by atoms with Crippen LogP contribution in [0.5, 0.6) is 17.4 Å². The quantitative estimate of drug-likeness (QED) is 0.578. The van der Waals surface area contributed by atoms with Gasteiger partial charge in [0.25, 0.3) is 0 Å². The third-order valence-electron chi connectivity index (χ3n) is 2.03. The Bertz CT molecular complexity index is 380. The van der Waals surface area contributed by atoms with Gasteiger partial charge in [-0.2, -0.15) is 0 Å².